The van der Waals surface area contributed by atoms with Gasteiger partial charge in [0, 0.05) is 0 Å². The van der Waals surface area contributed by atoms with E-state index in [-0.39, 0.29) is 29.1 Å². The Morgan fingerprint density at radius 2 is 1.80 bits per heavy atom. The number of hydrogen-bond donors (Lipinski definition) is 0. The maximum Gasteiger partial charge on any atom is 2.00 e. The number of hydrogen-bond acceptors (Lipinski definition) is 0. The number of rotatable bonds is 5. The topological polar surface area (TPSA) is 0 Å². The van der Waals surface area contributed by atoms with Crippen LogP contribution in [-0.2, 0) is 21.7 Å². The molecular weight excluding hydrogens is 216 g/mol. The van der Waals surface area contributed by atoms with Crippen molar-refractivity contribution in [1.29, 1.82) is 0 Å². The fourth-order valence-electron chi connectivity index (χ4n) is 1.60. The van der Waals surface area contributed by atoms with Crippen LogP contribution in [0, 0.1) is 13.5 Å². The minimum Gasteiger partial charge on any atom is -0.358 e. The second-order valence-corrected chi connectivity index (χ2v) is 3.73. The van der Waals surface area contributed by atoms with Gasteiger partial charge < -0.3 is 7.43 Å². The van der Waals surface area contributed by atoms with Crippen LogP contribution in [0.4, 0.5) is 0 Å². The molecule has 0 fully saturated rings. The third kappa shape index (κ3) is 6.92. The van der Waals surface area contributed by atoms with E-state index in [0.717, 1.165) is 0 Å². The van der Waals surface area contributed by atoms with Crippen molar-refractivity contribution in [2.45, 2.75) is 45.4 Å². The average Bonchev–Trinajstić information content (AvgIpc) is 2.19. The fourth-order valence-corrected chi connectivity index (χ4v) is 1.60. The van der Waals surface area contributed by atoms with Gasteiger partial charge in [-0.15, -0.1) is 0 Å². The van der Waals surface area contributed by atoms with Crippen LogP contribution in [0.5, 0.6) is 0 Å². The van der Waals surface area contributed by atoms with Crippen molar-refractivity contribution in [3.63, 3.8) is 0 Å². The molecule has 0 heterocycles. The summed E-state index contributed by atoms with van der Waals surface area (Å²) in [7, 11) is 0. The molecule has 1 rings (SSSR count). The molecule has 0 saturated heterocycles. The average molecular weight is 238 g/mol. The van der Waals surface area contributed by atoms with E-state index in [0.29, 0.717) is 5.92 Å². The second kappa shape index (κ2) is 10.5. The first kappa shape index (κ1) is 17.3. The summed E-state index contributed by atoms with van der Waals surface area (Å²) in [6.07, 6.45) is 5.35. The minimum atomic E-state index is 0. The molecule has 0 aliphatic rings. The minimum absolute atomic E-state index is 0. The summed E-state index contributed by atoms with van der Waals surface area (Å²) in [5.41, 5.74) is 1.45. The molecule has 0 aliphatic heterocycles. The molecule has 15 heavy (non-hydrogen) atoms. The Hall–Kier alpha value is -0.0657. The molecule has 0 aliphatic carbocycles. The Morgan fingerprint density at radius 1 is 1.20 bits per heavy atom. The predicted octanol–water partition coefficient (Wildman–Crippen LogP) is 4.62. The Bertz CT molecular complexity index is 218. The van der Waals surface area contributed by atoms with E-state index in [2.05, 4.69) is 32.0 Å². The van der Waals surface area contributed by atoms with Crippen LogP contribution >= 0.6 is 0 Å². The molecule has 0 saturated carbocycles. The first-order chi connectivity index (χ1) is 6.34. The van der Waals surface area contributed by atoms with Gasteiger partial charge >= 0.3 is 21.7 Å². The van der Waals surface area contributed by atoms with Crippen molar-refractivity contribution in [3.05, 3.63) is 43.3 Å². The zero-order chi connectivity index (χ0) is 9.52. The van der Waals surface area contributed by atoms with Crippen LogP contribution in [-0.4, -0.2) is 0 Å². The van der Waals surface area contributed by atoms with Gasteiger partial charge in [-0.3, -0.25) is 0 Å². The van der Waals surface area contributed by atoms with Gasteiger partial charge in [0.2, 0.25) is 0 Å². The van der Waals surface area contributed by atoms with E-state index in [1.165, 1.54) is 31.2 Å². The standard InChI is InChI=1S/C13H19.CH3.Ti/c1-3-4-6-9-12(2)13-10-7-5-8-11-13;;/h7-8,10-12H,3-4,6,9H2,1-2H3;1H3;/q2*-1;+2. The van der Waals surface area contributed by atoms with Crippen LogP contribution in [0.1, 0.15) is 51.0 Å². The largest absolute Gasteiger partial charge is 2.00 e. The van der Waals surface area contributed by atoms with Crippen molar-refractivity contribution in [2.75, 3.05) is 0 Å². The van der Waals surface area contributed by atoms with Gasteiger partial charge in [-0.1, -0.05) is 33.1 Å². The SMILES string of the molecule is CCCCCC(C)c1cc[c-]cc1.[CH3-].[Ti+2]. The van der Waals surface area contributed by atoms with E-state index in [1.54, 1.807) is 0 Å². The molecule has 0 bridgehead atoms. The Labute approximate surface area is 110 Å². The predicted molar refractivity (Wildman–Crippen MR) is 64.2 cm³/mol. The van der Waals surface area contributed by atoms with Crippen LogP contribution in [0.2, 0.25) is 0 Å². The van der Waals surface area contributed by atoms with Crippen molar-refractivity contribution in [2.24, 2.45) is 0 Å². The summed E-state index contributed by atoms with van der Waals surface area (Å²) in [6.45, 7) is 4.56. The van der Waals surface area contributed by atoms with Crippen LogP contribution in [0.15, 0.2) is 24.3 Å². The smallest absolute Gasteiger partial charge is 0.358 e. The normalized spacial score (nSPS) is 11.1. The summed E-state index contributed by atoms with van der Waals surface area (Å²) in [6, 6.07) is 11.4. The van der Waals surface area contributed by atoms with E-state index in [4.69, 9.17) is 0 Å². The molecular formula is C14H22Ti. The summed E-state index contributed by atoms with van der Waals surface area (Å²) < 4.78 is 0. The molecule has 0 spiro atoms. The molecule has 82 valence electrons. The van der Waals surface area contributed by atoms with E-state index >= 15 is 0 Å². The van der Waals surface area contributed by atoms with E-state index < -0.39 is 0 Å². The maximum absolute atomic E-state index is 3.05. The van der Waals surface area contributed by atoms with Gasteiger partial charge in [0.15, 0.2) is 0 Å². The number of benzene rings is 1. The molecule has 1 heteroatoms. The van der Waals surface area contributed by atoms with Crippen LogP contribution < -0.4 is 0 Å². The second-order valence-electron chi connectivity index (χ2n) is 3.73. The Kier molecular flexibility index (Phi) is 12.1. The van der Waals surface area contributed by atoms with E-state index in [1.807, 2.05) is 12.1 Å². The molecule has 0 radical (unpaired) electrons. The Balaban J connectivity index is 0. The van der Waals surface area contributed by atoms with Gasteiger partial charge in [-0.05, 0) is 12.3 Å². The zero-order valence-corrected chi connectivity index (χ0v) is 11.8. The van der Waals surface area contributed by atoms with Gasteiger partial charge in [0.05, 0.1) is 0 Å². The van der Waals surface area contributed by atoms with Gasteiger partial charge in [0.25, 0.3) is 0 Å². The molecule has 0 nitrogen and oxygen atoms in total. The van der Waals surface area contributed by atoms with Crippen molar-refractivity contribution in [3.8, 4) is 0 Å². The molecule has 1 aromatic carbocycles. The zero-order valence-electron chi connectivity index (χ0n) is 10.2. The third-order valence-electron chi connectivity index (χ3n) is 2.55. The van der Waals surface area contributed by atoms with Crippen molar-refractivity contribution in [1.82, 2.24) is 0 Å². The van der Waals surface area contributed by atoms with Crippen LogP contribution in [0.3, 0.4) is 0 Å². The van der Waals surface area contributed by atoms with Gasteiger partial charge in [-0.25, -0.2) is 0 Å². The summed E-state index contributed by atoms with van der Waals surface area (Å²) in [5, 5.41) is 0. The summed E-state index contributed by atoms with van der Waals surface area (Å²) >= 11 is 0. The van der Waals surface area contributed by atoms with Crippen LogP contribution in [0.25, 0.3) is 0 Å². The molecule has 1 unspecified atom stereocenters. The third-order valence-corrected chi connectivity index (χ3v) is 2.55. The molecule has 1 atom stereocenters. The van der Waals surface area contributed by atoms with E-state index in [9.17, 15) is 0 Å². The van der Waals surface area contributed by atoms with Crippen molar-refractivity contribution < 1.29 is 21.7 Å². The van der Waals surface area contributed by atoms with Gasteiger partial charge in [-0.2, -0.15) is 35.9 Å². The first-order valence-corrected chi connectivity index (χ1v) is 5.30. The Morgan fingerprint density at radius 3 is 2.33 bits per heavy atom. The molecule has 0 amide bonds. The van der Waals surface area contributed by atoms with Gasteiger partial charge in [0.1, 0.15) is 0 Å². The summed E-state index contributed by atoms with van der Waals surface area (Å²) in [4.78, 5) is 0. The van der Waals surface area contributed by atoms with Crippen molar-refractivity contribution >= 4 is 0 Å². The molecule has 0 N–H and O–H groups in total. The first-order valence-electron chi connectivity index (χ1n) is 5.30. The maximum atomic E-state index is 3.05. The quantitative estimate of drug-likeness (QED) is 0.399. The monoisotopic (exact) mass is 238 g/mol. The molecule has 1 aromatic rings. The summed E-state index contributed by atoms with van der Waals surface area (Å²) in [5.74, 6) is 0.709. The number of unbranched alkanes of at least 4 members (excludes halogenated alkanes) is 2. The fraction of sp³-hybridized carbons (Fsp3) is 0.500. The molecule has 0 aromatic heterocycles.